The summed E-state index contributed by atoms with van der Waals surface area (Å²) in [6.45, 7) is 8.79. The number of carbonyl (C=O) groups is 1. The fraction of sp³-hybridized carbons (Fsp3) is 0.381. The van der Waals surface area contributed by atoms with Gasteiger partial charge < -0.3 is 4.74 Å². The first-order chi connectivity index (χ1) is 12.5. The van der Waals surface area contributed by atoms with Crippen LogP contribution in [-0.4, -0.2) is 26.0 Å². The van der Waals surface area contributed by atoms with Gasteiger partial charge in [-0.2, -0.15) is 4.72 Å². The Balaban J connectivity index is 2.22. The van der Waals surface area contributed by atoms with Gasteiger partial charge in [-0.25, -0.2) is 8.42 Å². The van der Waals surface area contributed by atoms with Crippen molar-refractivity contribution in [2.45, 2.75) is 51.2 Å². The van der Waals surface area contributed by atoms with E-state index in [0.717, 1.165) is 11.1 Å². The third-order valence-corrected chi connectivity index (χ3v) is 5.34. The molecule has 0 aliphatic heterocycles. The van der Waals surface area contributed by atoms with Crippen molar-refractivity contribution in [3.8, 4) is 11.1 Å². The van der Waals surface area contributed by atoms with Gasteiger partial charge >= 0.3 is 5.97 Å². The quantitative estimate of drug-likeness (QED) is 0.758. The molecule has 5 nitrogen and oxygen atoms in total. The Kier molecular flexibility index (Phi) is 6.44. The molecular weight excluding hydrogens is 362 g/mol. The van der Waals surface area contributed by atoms with Crippen LogP contribution < -0.4 is 4.72 Å². The van der Waals surface area contributed by atoms with Crippen LogP contribution in [0.25, 0.3) is 11.1 Å². The summed E-state index contributed by atoms with van der Waals surface area (Å²) in [5, 5.41) is 0. The second-order valence-electron chi connectivity index (χ2n) is 7.77. The van der Waals surface area contributed by atoms with Crippen LogP contribution >= 0.6 is 0 Å². The standard InChI is InChI=1S/C21H27NO4S/c1-15(2)19(20(23)26-21(3,4)5)22-27(24,25)18-13-11-17(12-14-18)16-9-7-6-8-10-16/h6-15,19,22H,1-5H3. The van der Waals surface area contributed by atoms with Crippen molar-refractivity contribution < 1.29 is 17.9 Å². The first-order valence-electron chi connectivity index (χ1n) is 8.90. The van der Waals surface area contributed by atoms with E-state index in [2.05, 4.69) is 4.72 Å². The summed E-state index contributed by atoms with van der Waals surface area (Å²) in [4.78, 5) is 12.5. The van der Waals surface area contributed by atoms with E-state index in [1.807, 2.05) is 30.3 Å². The number of hydrogen-bond acceptors (Lipinski definition) is 4. The highest BCUT2D eigenvalue weighted by atomic mass is 32.2. The van der Waals surface area contributed by atoms with Crippen LogP contribution in [0.1, 0.15) is 34.6 Å². The normalized spacial score (nSPS) is 13.4. The Morgan fingerprint density at radius 2 is 1.44 bits per heavy atom. The molecule has 0 aliphatic rings. The minimum Gasteiger partial charge on any atom is -0.459 e. The number of rotatable bonds is 6. The molecule has 0 heterocycles. The van der Waals surface area contributed by atoms with Crippen molar-refractivity contribution >= 4 is 16.0 Å². The molecule has 0 spiro atoms. The zero-order valence-corrected chi connectivity index (χ0v) is 17.2. The van der Waals surface area contributed by atoms with Crippen LogP contribution in [0, 0.1) is 5.92 Å². The van der Waals surface area contributed by atoms with E-state index in [9.17, 15) is 13.2 Å². The molecule has 27 heavy (non-hydrogen) atoms. The molecule has 1 unspecified atom stereocenters. The van der Waals surface area contributed by atoms with Gasteiger partial charge in [0.1, 0.15) is 11.6 Å². The summed E-state index contributed by atoms with van der Waals surface area (Å²) in [6, 6.07) is 15.3. The molecule has 1 N–H and O–H groups in total. The lowest BCUT2D eigenvalue weighted by molar-refractivity contribution is -0.158. The van der Waals surface area contributed by atoms with Crippen LogP contribution in [0.4, 0.5) is 0 Å². The predicted molar refractivity (Wildman–Crippen MR) is 107 cm³/mol. The zero-order chi connectivity index (χ0) is 20.2. The van der Waals surface area contributed by atoms with E-state index in [-0.39, 0.29) is 10.8 Å². The molecule has 6 heteroatoms. The minimum absolute atomic E-state index is 0.108. The van der Waals surface area contributed by atoms with Gasteiger partial charge in [0.05, 0.1) is 4.90 Å². The SMILES string of the molecule is CC(C)C(NS(=O)(=O)c1ccc(-c2ccccc2)cc1)C(=O)OC(C)(C)C. The summed E-state index contributed by atoms with van der Waals surface area (Å²) in [7, 11) is -3.85. The van der Waals surface area contributed by atoms with E-state index in [1.165, 1.54) is 12.1 Å². The van der Waals surface area contributed by atoms with Gasteiger partial charge in [-0.15, -0.1) is 0 Å². The minimum atomic E-state index is -3.85. The highest BCUT2D eigenvalue weighted by Crippen LogP contribution is 2.22. The van der Waals surface area contributed by atoms with Crippen molar-refractivity contribution in [1.29, 1.82) is 0 Å². The largest absolute Gasteiger partial charge is 0.459 e. The van der Waals surface area contributed by atoms with Crippen LogP contribution in [0.2, 0.25) is 0 Å². The molecule has 146 valence electrons. The molecule has 2 rings (SSSR count). The Hall–Kier alpha value is -2.18. The van der Waals surface area contributed by atoms with E-state index in [0.29, 0.717) is 0 Å². The van der Waals surface area contributed by atoms with Crippen molar-refractivity contribution in [2.24, 2.45) is 5.92 Å². The van der Waals surface area contributed by atoms with Crippen molar-refractivity contribution in [2.75, 3.05) is 0 Å². The summed E-state index contributed by atoms with van der Waals surface area (Å²) < 4.78 is 33.3. The molecule has 0 radical (unpaired) electrons. The average Bonchev–Trinajstić information content (AvgIpc) is 2.59. The molecule has 0 amide bonds. The third-order valence-electron chi connectivity index (χ3n) is 3.88. The number of nitrogens with one attached hydrogen (secondary N) is 1. The zero-order valence-electron chi connectivity index (χ0n) is 16.4. The number of carbonyl (C=O) groups excluding carboxylic acids is 1. The number of esters is 1. The maximum absolute atomic E-state index is 12.7. The number of hydrogen-bond donors (Lipinski definition) is 1. The van der Waals surface area contributed by atoms with Gasteiger partial charge in [0.25, 0.3) is 0 Å². The van der Waals surface area contributed by atoms with E-state index < -0.39 is 27.6 Å². The van der Waals surface area contributed by atoms with Crippen LogP contribution in [0.15, 0.2) is 59.5 Å². The lowest BCUT2D eigenvalue weighted by atomic mass is 10.1. The van der Waals surface area contributed by atoms with Gasteiger partial charge in [0.2, 0.25) is 10.0 Å². The van der Waals surface area contributed by atoms with E-state index in [1.54, 1.807) is 46.8 Å². The van der Waals surface area contributed by atoms with Crippen LogP contribution in [-0.2, 0) is 19.6 Å². The molecular formula is C21H27NO4S. The topological polar surface area (TPSA) is 72.5 Å². The Labute approximate surface area is 161 Å². The Morgan fingerprint density at radius 3 is 1.93 bits per heavy atom. The first-order valence-corrected chi connectivity index (χ1v) is 10.4. The fourth-order valence-corrected chi connectivity index (χ4v) is 3.85. The van der Waals surface area contributed by atoms with Gasteiger partial charge in [-0.3, -0.25) is 4.79 Å². The van der Waals surface area contributed by atoms with Gasteiger partial charge in [-0.1, -0.05) is 56.3 Å². The lowest BCUT2D eigenvalue weighted by Crippen LogP contribution is -2.47. The molecule has 0 saturated heterocycles. The Bertz CT molecular complexity index is 867. The highest BCUT2D eigenvalue weighted by molar-refractivity contribution is 7.89. The smallest absolute Gasteiger partial charge is 0.324 e. The van der Waals surface area contributed by atoms with E-state index in [4.69, 9.17) is 4.74 Å². The number of sulfonamides is 1. The molecule has 2 aromatic rings. The lowest BCUT2D eigenvalue weighted by Gasteiger charge is -2.26. The van der Waals surface area contributed by atoms with Crippen molar-refractivity contribution in [3.05, 3.63) is 54.6 Å². The molecule has 0 saturated carbocycles. The fourth-order valence-electron chi connectivity index (χ4n) is 2.51. The average molecular weight is 390 g/mol. The molecule has 0 aromatic heterocycles. The summed E-state index contributed by atoms with van der Waals surface area (Å²) >= 11 is 0. The molecule has 0 aliphatic carbocycles. The monoisotopic (exact) mass is 389 g/mol. The number of ether oxygens (including phenoxy) is 1. The first kappa shape index (κ1) is 21.1. The summed E-state index contributed by atoms with van der Waals surface area (Å²) in [5.41, 5.74) is 1.23. The van der Waals surface area contributed by atoms with Crippen molar-refractivity contribution in [3.63, 3.8) is 0 Å². The molecule has 2 aromatic carbocycles. The molecule has 0 bridgehead atoms. The summed E-state index contributed by atoms with van der Waals surface area (Å²) in [6.07, 6.45) is 0. The maximum Gasteiger partial charge on any atom is 0.324 e. The second kappa shape index (κ2) is 8.23. The van der Waals surface area contributed by atoms with Gasteiger partial charge in [-0.05, 0) is 49.9 Å². The number of benzene rings is 2. The maximum atomic E-state index is 12.7. The van der Waals surface area contributed by atoms with Gasteiger partial charge in [0.15, 0.2) is 0 Å². The Morgan fingerprint density at radius 1 is 0.926 bits per heavy atom. The van der Waals surface area contributed by atoms with Crippen LogP contribution in [0.5, 0.6) is 0 Å². The summed E-state index contributed by atoms with van der Waals surface area (Å²) in [5.74, 6) is -0.833. The predicted octanol–water partition coefficient (Wildman–Crippen LogP) is 4.00. The van der Waals surface area contributed by atoms with E-state index >= 15 is 0 Å². The highest BCUT2D eigenvalue weighted by Gasteiger charge is 2.32. The molecule has 1 atom stereocenters. The van der Waals surface area contributed by atoms with Crippen LogP contribution in [0.3, 0.4) is 0 Å². The second-order valence-corrected chi connectivity index (χ2v) is 9.48. The molecule has 0 fully saturated rings. The van der Waals surface area contributed by atoms with Crippen molar-refractivity contribution in [1.82, 2.24) is 4.72 Å². The third kappa shape index (κ3) is 5.91. The van der Waals surface area contributed by atoms with Gasteiger partial charge in [0, 0.05) is 0 Å².